The fourth-order valence-electron chi connectivity index (χ4n) is 1.76. The minimum atomic E-state index is 1.14. The predicted molar refractivity (Wildman–Crippen MR) is 70.2 cm³/mol. The van der Waals surface area contributed by atoms with E-state index in [1.165, 1.54) is 29.7 Å². The fourth-order valence-corrected chi connectivity index (χ4v) is 2.32. The Balaban J connectivity index is 1.86. The highest BCUT2D eigenvalue weighted by molar-refractivity contribution is 8.03. The Labute approximate surface area is 102 Å². The molecule has 1 aromatic carbocycles. The first-order chi connectivity index (χ1) is 7.84. The van der Waals surface area contributed by atoms with Crippen LogP contribution in [0.25, 0.3) is 0 Å². The lowest BCUT2D eigenvalue weighted by molar-refractivity contribution is 0.327. The van der Waals surface area contributed by atoms with Crippen molar-refractivity contribution in [2.24, 2.45) is 0 Å². The van der Waals surface area contributed by atoms with Gasteiger partial charge in [-0.25, -0.2) is 0 Å². The van der Waals surface area contributed by atoms with Crippen LogP contribution >= 0.6 is 11.8 Å². The van der Waals surface area contributed by atoms with Crippen molar-refractivity contribution in [2.45, 2.75) is 31.1 Å². The van der Waals surface area contributed by atoms with E-state index >= 15 is 0 Å². The van der Waals surface area contributed by atoms with E-state index in [0.717, 1.165) is 13.1 Å². The van der Waals surface area contributed by atoms with Crippen molar-refractivity contribution in [1.29, 1.82) is 0 Å². The number of aryl methyl sites for hydroxylation is 1. The van der Waals surface area contributed by atoms with Crippen molar-refractivity contribution in [2.75, 3.05) is 13.1 Å². The van der Waals surface area contributed by atoms with Crippen molar-refractivity contribution in [3.05, 3.63) is 29.8 Å². The summed E-state index contributed by atoms with van der Waals surface area (Å²) in [6.07, 6.45) is 3.96. The third kappa shape index (κ3) is 3.50. The second-order valence-corrected chi connectivity index (χ2v) is 5.06. The van der Waals surface area contributed by atoms with E-state index in [-0.39, 0.29) is 0 Å². The standard InChI is InChI=1S/C14H17NS/c1-13-5-7-14(8-6-13)16-12-11-15-9-3-2-4-10-15/h5-8H,2-4,9-10H2,1H3. The summed E-state index contributed by atoms with van der Waals surface area (Å²) in [7, 11) is 0. The zero-order valence-electron chi connectivity index (χ0n) is 9.70. The van der Waals surface area contributed by atoms with Gasteiger partial charge in [-0.1, -0.05) is 17.7 Å². The van der Waals surface area contributed by atoms with E-state index in [0.29, 0.717) is 0 Å². The lowest BCUT2D eigenvalue weighted by Crippen LogP contribution is -2.24. The van der Waals surface area contributed by atoms with E-state index in [4.69, 9.17) is 0 Å². The Kier molecular flexibility index (Phi) is 4.18. The first kappa shape index (κ1) is 11.4. The number of thioether (sulfide) groups is 1. The molecule has 1 nitrogen and oxygen atoms in total. The van der Waals surface area contributed by atoms with Gasteiger partial charge in [-0.2, -0.15) is 0 Å². The molecule has 0 radical (unpaired) electrons. The molecule has 1 aliphatic heterocycles. The van der Waals surface area contributed by atoms with E-state index in [1.807, 2.05) is 0 Å². The summed E-state index contributed by atoms with van der Waals surface area (Å²) in [6, 6.07) is 11.8. The molecule has 0 amide bonds. The van der Waals surface area contributed by atoms with Gasteiger partial charge < -0.3 is 4.90 Å². The van der Waals surface area contributed by atoms with Crippen molar-refractivity contribution < 1.29 is 0 Å². The molecule has 1 aromatic rings. The summed E-state index contributed by atoms with van der Waals surface area (Å²) < 4.78 is 0. The summed E-state index contributed by atoms with van der Waals surface area (Å²) in [6.45, 7) is 4.39. The van der Waals surface area contributed by atoms with Crippen LogP contribution in [-0.4, -0.2) is 18.0 Å². The highest BCUT2D eigenvalue weighted by Crippen LogP contribution is 2.17. The van der Waals surface area contributed by atoms with Crippen LogP contribution in [0.5, 0.6) is 0 Å². The summed E-state index contributed by atoms with van der Waals surface area (Å²) in [4.78, 5) is 3.47. The summed E-state index contributed by atoms with van der Waals surface area (Å²) >= 11 is 1.62. The van der Waals surface area contributed by atoms with Crippen LogP contribution in [0.15, 0.2) is 29.2 Å². The van der Waals surface area contributed by atoms with Gasteiger partial charge in [0.15, 0.2) is 0 Å². The van der Waals surface area contributed by atoms with E-state index in [1.54, 1.807) is 11.8 Å². The first-order valence-corrected chi connectivity index (χ1v) is 6.65. The van der Waals surface area contributed by atoms with Gasteiger partial charge >= 0.3 is 0 Å². The summed E-state index contributed by atoms with van der Waals surface area (Å²) in [5, 5.41) is 3.18. The maximum atomic E-state index is 3.23. The van der Waals surface area contributed by atoms with Crippen molar-refractivity contribution in [3.8, 4) is 11.3 Å². The first-order valence-electron chi connectivity index (χ1n) is 5.84. The maximum absolute atomic E-state index is 3.23. The number of nitrogens with zero attached hydrogens (tertiary/aromatic N) is 1. The molecule has 84 valence electrons. The molecule has 0 N–H and O–H groups in total. The van der Waals surface area contributed by atoms with Gasteiger partial charge in [-0.05, 0) is 55.3 Å². The van der Waals surface area contributed by atoms with Gasteiger partial charge in [-0.15, -0.1) is 0 Å². The molecule has 0 atom stereocenters. The molecule has 1 saturated heterocycles. The topological polar surface area (TPSA) is 3.24 Å². The number of benzene rings is 1. The largest absolute Gasteiger partial charge is 0.332 e. The van der Waals surface area contributed by atoms with Crippen LogP contribution in [0, 0.1) is 18.2 Å². The lowest BCUT2D eigenvalue weighted by Gasteiger charge is -2.21. The molecule has 2 rings (SSSR count). The Hall–Kier alpha value is -1.07. The Morgan fingerprint density at radius 2 is 1.75 bits per heavy atom. The molecule has 0 aliphatic carbocycles. The number of piperidine rings is 1. The quantitative estimate of drug-likeness (QED) is 0.537. The molecule has 0 spiro atoms. The summed E-state index contributed by atoms with van der Waals surface area (Å²) in [5.74, 6) is 0. The molecular formula is C14H17NS. The second kappa shape index (κ2) is 5.86. The lowest BCUT2D eigenvalue weighted by atomic mass is 10.1. The van der Waals surface area contributed by atoms with Gasteiger partial charge in [0.25, 0.3) is 0 Å². The van der Waals surface area contributed by atoms with Crippen LogP contribution < -0.4 is 0 Å². The van der Waals surface area contributed by atoms with E-state index in [9.17, 15) is 0 Å². The molecule has 1 heterocycles. The molecule has 1 fully saturated rings. The minimum absolute atomic E-state index is 1.14. The molecular weight excluding hydrogens is 214 g/mol. The predicted octanol–water partition coefficient (Wildman–Crippen LogP) is 3.49. The van der Waals surface area contributed by atoms with Gasteiger partial charge in [0.2, 0.25) is 0 Å². The number of rotatable bonds is 1. The maximum Gasteiger partial charge on any atom is 0.0260 e. The van der Waals surface area contributed by atoms with Crippen molar-refractivity contribution in [3.63, 3.8) is 0 Å². The Bertz CT molecular complexity index is 379. The van der Waals surface area contributed by atoms with Gasteiger partial charge in [0.1, 0.15) is 0 Å². The molecule has 0 bridgehead atoms. The zero-order valence-corrected chi connectivity index (χ0v) is 10.5. The SMILES string of the molecule is Cc1ccc(SC#CN2CCCCC2)cc1. The monoisotopic (exact) mass is 231 g/mol. The highest BCUT2D eigenvalue weighted by atomic mass is 32.2. The highest BCUT2D eigenvalue weighted by Gasteiger charge is 2.04. The van der Waals surface area contributed by atoms with Gasteiger partial charge in [0, 0.05) is 24.0 Å². The average molecular weight is 231 g/mol. The normalized spacial score (nSPS) is 15.4. The number of hydrogen-bond donors (Lipinski definition) is 0. The third-order valence-electron chi connectivity index (χ3n) is 2.75. The van der Waals surface area contributed by atoms with Gasteiger partial charge in [0.05, 0.1) is 0 Å². The molecule has 0 unspecified atom stereocenters. The number of hydrogen-bond acceptors (Lipinski definition) is 2. The van der Waals surface area contributed by atoms with E-state index < -0.39 is 0 Å². The smallest absolute Gasteiger partial charge is 0.0260 e. The van der Waals surface area contributed by atoms with Gasteiger partial charge in [-0.3, -0.25) is 0 Å². The fraction of sp³-hybridized carbons (Fsp3) is 0.429. The summed E-state index contributed by atoms with van der Waals surface area (Å²) in [5.41, 5.74) is 1.30. The average Bonchev–Trinajstić information content (AvgIpc) is 2.33. The zero-order chi connectivity index (χ0) is 11.2. The molecule has 16 heavy (non-hydrogen) atoms. The minimum Gasteiger partial charge on any atom is -0.332 e. The van der Waals surface area contributed by atoms with Crippen LogP contribution in [0.2, 0.25) is 0 Å². The molecule has 0 aromatic heterocycles. The van der Waals surface area contributed by atoms with Crippen LogP contribution in [0.4, 0.5) is 0 Å². The van der Waals surface area contributed by atoms with Crippen molar-refractivity contribution in [1.82, 2.24) is 4.90 Å². The van der Waals surface area contributed by atoms with Crippen LogP contribution in [0.1, 0.15) is 24.8 Å². The van der Waals surface area contributed by atoms with E-state index in [2.05, 4.69) is 47.4 Å². The second-order valence-electron chi connectivity index (χ2n) is 4.18. The Morgan fingerprint density at radius 1 is 1.06 bits per heavy atom. The molecule has 0 saturated carbocycles. The van der Waals surface area contributed by atoms with Crippen LogP contribution in [0.3, 0.4) is 0 Å². The Morgan fingerprint density at radius 3 is 2.44 bits per heavy atom. The van der Waals surface area contributed by atoms with Crippen LogP contribution in [-0.2, 0) is 0 Å². The molecule has 2 heteroatoms. The molecule has 1 aliphatic rings. The third-order valence-corrected chi connectivity index (χ3v) is 3.45. The van der Waals surface area contributed by atoms with Crippen molar-refractivity contribution >= 4 is 11.8 Å². The number of likely N-dealkylation sites (tertiary alicyclic amines) is 1.